The molecule has 2 aliphatic carbocycles. The van der Waals surface area contributed by atoms with E-state index >= 15 is 0 Å². The molecule has 0 bridgehead atoms. The van der Waals surface area contributed by atoms with Crippen LogP contribution in [0.2, 0.25) is 0 Å². The Balaban J connectivity index is 1.91. The maximum atomic E-state index is 10.5. The fourth-order valence-electron chi connectivity index (χ4n) is 5.45. The monoisotopic (exact) mass is 288 g/mol. The van der Waals surface area contributed by atoms with Crippen molar-refractivity contribution in [2.24, 2.45) is 17.3 Å². The van der Waals surface area contributed by atoms with E-state index in [2.05, 4.69) is 26.0 Å². The van der Waals surface area contributed by atoms with E-state index in [1.165, 1.54) is 24.8 Å². The van der Waals surface area contributed by atoms with Gasteiger partial charge in [0.15, 0.2) is 0 Å². The van der Waals surface area contributed by atoms with Gasteiger partial charge in [-0.05, 0) is 73.0 Å². The summed E-state index contributed by atoms with van der Waals surface area (Å²) in [4.78, 5) is 0. The molecule has 0 spiro atoms. The fourth-order valence-corrected chi connectivity index (χ4v) is 5.45. The Morgan fingerprint density at radius 3 is 2.43 bits per heavy atom. The topological polar surface area (TPSA) is 40.5 Å². The lowest BCUT2D eigenvalue weighted by molar-refractivity contribution is -0.0365. The van der Waals surface area contributed by atoms with Crippen LogP contribution in [0.4, 0.5) is 0 Å². The summed E-state index contributed by atoms with van der Waals surface area (Å²) < 4.78 is 0. The van der Waals surface area contributed by atoms with E-state index in [4.69, 9.17) is 0 Å². The normalized spacial score (nSPS) is 39.2. The minimum Gasteiger partial charge on any atom is -0.508 e. The molecular weight excluding hydrogens is 260 g/mol. The average molecular weight is 288 g/mol. The molecule has 0 radical (unpaired) electrons. The van der Waals surface area contributed by atoms with Crippen LogP contribution in [0.1, 0.15) is 63.9 Å². The molecule has 0 saturated heterocycles. The van der Waals surface area contributed by atoms with Crippen LogP contribution in [0, 0.1) is 17.3 Å². The number of phenols is 1. The van der Waals surface area contributed by atoms with Crippen molar-refractivity contribution >= 4 is 0 Å². The van der Waals surface area contributed by atoms with Gasteiger partial charge in [0.05, 0.1) is 6.10 Å². The van der Waals surface area contributed by atoms with E-state index in [0.717, 1.165) is 19.3 Å². The third-order valence-electron chi connectivity index (χ3n) is 6.56. The van der Waals surface area contributed by atoms with Crippen molar-refractivity contribution in [1.82, 2.24) is 0 Å². The summed E-state index contributed by atoms with van der Waals surface area (Å²) in [5.74, 6) is 2.27. The molecule has 2 N–H and O–H groups in total. The largest absolute Gasteiger partial charge is 0.508 e. The quantitative estimate of drug-likeness (QED) is 0.862. The Bertz CT molecular complexity index is 481. The van der Waals surface area contributed by atoms with Gasteiger partial charge < -0.3 is 10.2 Å². The number of aliphatic hydroxyl groups is 1. The summed E-state index contributed by atoms with van der Waals surface area (Å²) in [7, 11) is 0. The van der Waals surface area contributed by atoms with Crippen LogP contribution < -0.4 is 0 Å². The Morgan fingerprint density at radius 1 is 1.10 bits per heavy atom. The number of rotatable bonds is 3. The minimum absolute atomic E-state index is 0.0951. The lowest BCUT2D eigenvalue weighted by Gasteiger charge is -2.49. The van der Waals surface area contributed by atoms with E-state index in [-0.39, 0.29) is 11.5 Å². The van der Waals surface area contributed by atoms with Crippen LogP contribution in [-0.2, 0) is 0 Å². The molecule has 2 aliphatic rings. The highest BCUT2D eigenvalue weighted by Crippen LogP contribution is 2.60. The van der Waals surface area contributed by atoms with Crippen LogP contribution in [0.3, 0.4) is 0 Å². The van der Waals surface area contributed by atoms with E-state index in [1.807, 2.05) is 12.1 Å². The first-order valence-electron chi connectivity index (χ1n) is 8.59. The highest BCUT2D eigenvalue weighted by atomic mass is 16.3. The van der Waals surface area contributed by atoms with Crippen LogP contribution in [0.25, 0.3) is 0 Å². The van der Waals surface area contributed by atoms with Crippen LogP contribution in [0.15, 0.2) is 24.3 Å². The highest BCUT2D eigenvalue weighted by Gasteiger charge is 2.54. The smallest absolute Gasteiger partial charge is 0.115 e. The molecule has 0 heterocycles. The predicted molar refractivity (Wildman–Crippen MR) is 85.3 cm³/mol. The average Bonchev–Trinajstić information content (AvgIpc) is 2.85. The number of aliphatic hydroxyl groups excluding tert-OH is 1. The molecule has 0 aliphatic heterocycles. The first-order chi connectivity index (χ1) is 10.1. The van der Waals surface area contributed by atoms with Crippen molar-refractivity contribution in [3.8, 4) is 5.75 Å². The molecule has 0 aromatic heterocycles. The lowest BCUT2D eigenvalue weighted by atomic mass is 9.56. The lowest BCUT2D eigenvalue weighted by Crippen LogP contribution is -2.44. The van der Waals surface area contributed by atoms with Gasteiger partial charge in [-0.25, -0.2) is 0 Å². The second-order valence-electron chi connectivity index (χ2n) is 7.10. The molecule has 2 saturated carbocycles. The summed E-state index contributed by atoms with van der Waals surface area (Å²) in [5, 5.41) is 20.1. The molecule has 3 rings (SSSR count). The highest BCUT2D eigenvalue weighted by molar-refractivity contribution is 5.30. The van der Waals surface area contributed by atoms with Crippen molar-refractivity contribution < 1.29 is 10.2 Å². The third-order valence-corrected chi connectivity index (χ3v) is 6.56. The molecule has 2 nitrogen and oxygen atoms in total. The van der Waals surface area contributed by atoms with E-state index in [1.54, 1.807) is 0 Å². The summed E-state index contributed by atoms with van der Waals surface area (Å²) in [5.41, 5.74) is 1.54. The van der Waals surface area contributed by atoms with Gasteiger partial charge in [0.25, 0.3) is 0 Å². The van der Waals surface area contributed by atoms with Gasteiger partial charge in [-0.15, -0.1) is 0 Å². The van der Waals surface area contributed by atoms with E-state index < -0.39 is 0 Å². The van der Waals surface area contributed by atoms with Gasteiger partial charge in [-0.3, -0.25) is 0 Å². The van der Waals surface area contributed by atoms with Gasteiger partial charge in [0, 0.05) is 0 Å². The second kappa shape index (κ2) is 5.64. The van der Waals surface area contributed by atoms with E-state index in [0.29, 0.717) is 23.5 Å². The standard InChI is InChI=1S/C19H28O2/c1-3-15-16(13-5-7-14(20)8-6-13)11-12-19(4-2)17(15)9-10-18(19)21/h5-8,15-18,20-21H,3-4,9-12H2,1-2H3/t15-,16+,17-,18-,19-/m1/s1. The number of aromatic hydroxyl groups is 1. The SMILES string of the molecule is CC[C@H]1[C@H]2CC[C@@H](O)[C@]2(CC)CC[C@H]1c1ccc(O)cc1. The zero-order chi connectivity index (χ0) is 15.0. The molecule has 1 aromatic rings. The van der Waals surface area contributed by atoms with Crippen LogP contribution in [-0.4, -0.2) is 16.3 Å². The number of benzene rings is 1. The van der Waals surface area contributed by atoms with Gasteiger partial charge >= 0.3 is 0 Å². The molecule has 2 fully saturated rings. The van der Waals surface area contributed by atoms with Gasteiger partial charge in [-0.2, -0.15) is 0 Å². The van der Waals surface area contributed by atoms with Gasteiger partial charge in [-0.1, -0.05) is 32.4 Å². The third kappa shape index (κ3) is 2.28. The molecule has 0 unspecified atom stereocenters. The molecule has 21 heavy (non-hydrogen) atoms. The maximum absolute atomic E-state index is 10.5. The van der Waals surface area contributed by atoms with Gasteiger partial charge in [0.1, 0.15) is 5.75 Å². The van der Waals surface area contributed by atoms with Crippen molar-refractivity contribution in [2.45, 2.75) is 64.4 Å². The van der Waals surface area contributed by atoms with Crippen molar-refractivity contribution in [3.63, 3.8) is 0 Å². The summed E-state index contributed by atoms with van der Waals surface area (Å²) in [6.07, 6.45) is 6.69. The zero-order valence-corrected chi connectivity index (χ0v) is 13.3. The van der Waals surface area contributed by atoms with Gasteiger partial charge in [0.2, 0.25) is 0 Å². The molecule has 116 valence electrons. The van der Waals surface area contributed by atoms with Crippen molar-refractivity contribution in [1.29, 1.82) is 0 Å². The van der Waals surface area contributed by atoms with Crippen molar-refractivity contribution in [2.75, 3.05) is 0 Å². The second-order valence-corrected chi connectivity index (χ2v) is 7.10. The summed E-state index contributed by atoms with van der Waals surface area (Å²) in [6.45, 7) is 4.56. The fraction of sp³-hybridized carbons (Fsp3) is 0.684. The predicted octanol–water partition coefficient (Wildman–Crippen LogP) is 4.46. The first kappa shape index (κ1) is 14.9. The summed E-state index contributed by atoms with van der Waals surface area (Å²) >= 11 is 0. The molecular formula is C19H28O2. The zero-order valence-electron chi connectivity index (χ0n) is 13.3. The van der Waals surface area contributed by atoms with E-state index in [9.17, 15) is 10.2 Å². The number of hydrogen-bond donors (Lipinski definition) is 2. The maximum Gasteiger partial charge on any atom is 0.115 e. The number of hydrogen-bond acceptors (Lipinski definition) is 2. The minimum atomic E-state index is -0.0951. The Kier molecular flexibility index (Phi) is 4.00. The Hall–Kier alpha value is -1.02. The molecule has 2 heteroatoms. The molecule has 0 amide bonds. The Labute approximate surface area is 128 Å². The number of phenolic OH excluding ortho intramolecular Hbond substituents is 1. The molecule has 5 atom stereocenters. The number of fused-ring (bicyclic) bond motifs is 1. The first-order valence-corrected chi connectivity index (χ1v) is 8.59. The summed E-state index contributed by atoms with van der Waals surface area (Å²) in [6, 6.07) is 7.81. The van der Waals surface area contributed by atoms with Crippen molar-refractivity contribution in [3.05, 3.63) is 29.8 Å². The van der Waals surface area contributed by atoms with Crippen LogP contribution >= 0.6 is 0 Å². The molecule has 1 aromatic carbocycles. The van der Waals surface area contributed by atoms with Crippen LogP contribution in [0.5, 0.6) is 5.75 Å². The Morgan fingerprint density at radius 2 is 1.81 bits per heavy atom.